The minimum Gasteiger partial charge on any atom is -0.490 e. The molecule has 2 rings (SSSR count). The van der Waals surface area contributed by atoms with Gasteiger partial charge in [-0.2, -0.15) is 0 Å². The van der Waals surface area contributed by atoms with Crippen LogP contribution in [0.25, 0.3) is 0 Å². The maximum absolute atomic E-state index is 9.01. The summed E-state index contributed by atoms with van der Waals surface area (Å²) in [7, 11) is 0. The summed E-state index contributed by atoms with van der Waals surface area (Å²) in [4.78, 5) is 2.45. The van der Waals surface area contributed by atoms with Gasteiger partial charge in [-0.3, -0.25) is 4.90 Å². The highest BCUT2D eigenvalue weighted by molar-refractivity contribution is 5.39. The molecule has 4 heteroatoms. The van der Waals surface area contributed by atoms with E-state index in [0.717, 1.165) is 31.0 Å². The lowest BCUT2D eigenvalue weighted by Gasteiger charge is -2.37. The molecule has 0 saturated heterocycles. The highest BCUT2D eigenvalue weighted by Crippen LogP contribution is 2.27. The molecule has 1 fully saturated rings. The van der Waals surface area contributed by atoms with Crippen LogP contribution in [-0.4, -0.2) is 49.0 Å². The molecule has 4 nitrogen and oxygen atoms in total. The van der Waals surface area contributed by atoms with Gasteiger partial charge in [0.2, 0.25) is 0 Å². The van der Waals surface area contributed by atoms with Gasteiger partial charge in [0, 0.05) is 25.7 Å². The molecule has 0 unspecified atom stereocenters. The first kappa shape index (κ1) is 16.1. The Hall–Kier alpha value is -1.26. The van der Waals surface area contributed by atoms with E-state index in [1.807, 2.05) is 31.2 Å². The van der Waals surface area contributed by atoms with Gasteiger partial charge in [-0.1, -0.05) is 18.6 Å². The third-order valence-electron chi connectivity index (χ3n) is 3.98. The number of aliphatic hydroxyl groups is 1. The number of rotatable bonds is 10. The van der Waals surface area contributed by atoms with Crippen LogP contribution >= 0.6 is 0 Å². The first-order chi connectivity index (χ1) is 10.3. The molecule has 0 spiro atoms. The minimum atomic E-state index is 0.261. The zero-order valence-corrected chi connectivity index (χ0v) is 13.0. The van der Waals surface area contributed by atoms with Crippen LogP contribution in [-0.2, 0) is 0 Å². The van der Waals surface area contributed by atoms with Crippen LogP contribution in [0.2, 0.25) is 0 Å². The quantitative estimate of drug-likeness (QED) is 0.720. The van der Waals surface area contributed by atoms with Crippen LogP contribution < -0.4 is 9.47 Å². The maximum atomic E-state index is 9.01. The molecule has 0 atom stereocenters. The molecule has 1 N–H and O–H groups in total. The third kappa shape index (κ3) is 4.90. The average Bonchev–Trinajstić information content (AvgIpc) is 2.44. The SMILES string of the molecule is CCOc1ccccc1OCCN(CCCO)C1CCC1. The van der Waals surface area contributed by atoms with E-state index in [0.29, 0.717) is 19.3 Å². The molecular formula is C17H27NO3. The number of aliphatic hydroxyl groups excluding tert-OH is 1. The summed E-state index contributed by atoms with van der Waals surface area (Å²) in [5.41, 5.74) is 0. The van der Waals surface area contributed by atoms with E-state index in [1.165, 1.54) is 19.3 Å². The van der Waals surface area contributed by atoms with Crippen molar-refractivity contribution in [2.45, 2.75) is 38.6 Å². The van der Waals surface area contributed by atoms with Crippen LogP contribution in [0.3, 0.4) is 0 Å². The van der Waals surface area contributed by atoms with Gasteiger partial charge in [-0.15, -0.1) is 0 Å². The molecule has 0 bridgehead atoms. The van der Waals surface area contributed by atoms with Crippen molar-refractivity contribution in [3.63, 3.8) is 0 Å². The largest absolute Gasteiger partial charge is 0.490 e. The predicted molar refractivity (Wildman–Crippen MR) is 84.0 cm³/mol. The lowest BCUT2D eigenvalue weighted by molar-refractivity contribution is 0.0976. The third-order valence-corrected chi connectivity index (χ3v) is 3.98. The summed E-state index contributed by atoms with van der Waals surface area (Å²) in [6.45, 7) is 5.40. The Morgan fingerprint density at radius 1 is 1.14 bits per heavy atom. The van der Waals surface area contributed by atoms with Crippen molar-refractivity contribution in [2.75, 3.05) is 32.9 Å². The zero-order chi connectivity index (χ0) is 14.9. The average molecular weight is 293 g/mol. The van der Waals surface area contributed by atoms with Crippen molar-refractivity contribution in [1.29, 1.82) is 0 Å². The van der Waals surface area contributed by atoms with E-state index in [4.69, 9.17) is 14.6 Å². The molecule has 0 aromatic heterocycles. The smallest absolute Gasteiger partial charge is 0.161 e. The summed E-state index contributed by atoms with van der Waals surface area (Å²) in [5.74, 6) is 1.63. The lowest BCUT2D eigenvalue weighted by atomic mass is 9.91. The molecule has 1 aromatic carbocycles. The minimum absolute atomic E-state index is 0.261. The fourth-order valence-electron chi connectivity index (χ4n) is 2.62. The number of hydrogen-bond acceptors (Lipinski definition) is 4. The molecule has 0 amide bonds. The van der Waals surface area contributed by atoms with Gasteiger partial charge in [-0.25, -0.2) is 0 Å². The van der Waals surface area contributed by atoms with Crippen LogP contribution in [0.4, 0.5) is 0 Å². The Morgan fingerprint density at radius 3 is 2.43 bits per heavy atom. The summed E-state index contributed by atoms with van der Waals surface area (Å²) >= 11 is 0. The second-order valence-electron chi connectivity index (χ2n) is 5.43. The number of benzene rings is 1. The molecule has 1 aliphatic rings. The molecule has 0 radical (unpaired) electrons. The molecule has 118 valence electrons. The van der Waals surface area contributed by atoms with E-state index in [9.17, 15) is 0 Å². The summed E-state index contributed by atoms with van der Waals surface area (Å²) in [6, 6.07) is 8.50. The predicted octanol–water partition coefficient (Wildman–Crippen LogP) is 2.70. The lowest BCUT2D eigenvalue weighted by Crippen LogP contribution is -2.43. The van der Waals surface area contributed by atoms with Crippen LogP contribution in [0.15, 0.2) is 24.3 Å². The van der Waals surface area contributed by atoms with Gasteiger partial charge < -0.3 is 14.6 Å². The van der Waals surface area contributed by atoms with E-state index in [-0.39, 0.29) is 6.61 Å². The van der Waals surface area contributed by atoms with E-state index < -0.39 is 0 Å². The number of hydrogen-bond donors (Lipinski definition) is 1. The van der Waals surface area contributed by atoms with Gasteiger partial charge in [-0.05, 0) is 38.3 Å². The molecule has 1 aromatic rings. The van der Waals surface area contributed by atoms with E-state index in [1.54, 1.807) is 0 Å². The van der Waals surface area contributed by atoms with Crippen molar-refractivity contribution < 1.29 is 14.6 Å². The van der Waals surface area contributed by atoms with Crippen LogP contribution in [0.1, 0.15) is 32.6 Å². The monoisotopic (exact) mass is 293 g/mol. The van der Waals surface area contributed by atoms with Crippen molar-refractivity contribution in [3.8, 4) is 11.5 Å². The zero-order valence-electron chi connectivity index (χ0n) is 13.0. The highest BCUT2D eigenvalue weighted by atomic mass is 16.5. The summed E-state index contributed by atoms with van der Waals surface area (Å²) in [6.07, 6.45) is 4.72. The van der Waals surface area contributed by atoms with Crippen molar-refractivity contribution in [2.24, 2.45) is 0 Å². The highest BCUT2D eigenvalue weighted by Gasteiger charge is 2.24. The van der Waals surface area contributed by atoms with Gasteiger partial charge in [0.15, 0.2) is 11.5 Å². The van der Waals surface area contributed by atoms with Gasteiger partial charge in [0.05, 0.1) is 6.61 Å². The fraction of sp³-hybridized carbons (Fsp3) is 0.647. The maximum Gasteiger partial charge on any atom is 0.161 e. The normalized spacial score (nSPS) is 15.0. The van der Waals surface area contributed by atoms with Gasteiger partial charge >= 0.3 is 0 Å². The summed E-state index contributed by atoms with van der Waals surface area (Å²) < 4.78 is 11.5. The fourth-order valence-corrected chi connectivity index (χ4v) is 2.62. The summed E-state index contributed by atoms with van der Waals surface area (Å²) in [5, 5.41) is 9.01. The number of para-hydroxylation sites is 2. The molecule has 1 aliphatic carbocycles. The standard InChI is InChI=1S/C17H27NO3/c1-2-20-16-9-3-4-10-17(16)21-14-12-18(11-6-13-19)15-7-5-8-15/h3-4,9-10,15,19H,2,5-8,11-14H2,1H3. The Bertz CT molecular complexity index is 407. The van der Waals surface area contributed by atoms with Crippen LogP contribution in [0, 0.1) is 0 Å². The van der Waals surface area contributed by atoms with Crippen molar-refractivity contribution in [3.05, 3.63) is 24.3 Å². The Kier molecular flexibility index (Phi) is 6.83. The Labute approximate surface area is 127 Å². The van der Waals surface area contributed by atoms with Crippen molar-refractivity contribution >= 4 is 0 Å². The number of ether oxygens (including phenoxy) is 2. The van der Waals surface area contributed by atoms with E-state index in [2.05, 4.69) is 4.90 Å². The first-order valence-electron chi connectivity index (χ1n) is 8.04. The van der Waals surface area contributed by atoms with Crippen LogP contribution in [0.5, 0.6) is 11.5 Å². The molecule has 0 heterocycles. The second-order valence-corrected chi connectivity index (χ2v) is 5.43. The Balaban J connectivity index is 1.81. The second kappa shape index (κ2) is 8.90. The van der Waals surface area contributed by atoms with Gasteiger partial charge in [0.1, 0.15) is 6.61 Å². The molecular weight excluding hydrogens is 266 g/mol. The number of nitrogens with zero attached hydrogens (tertiary/aromatic N) is 1. The van der Waals surface area contributed by atoms with Crippen molar-refractivity contribution in [1.82, 2.24) is 4.90 Å². The van der Waals surface area contributed by atoms with E-state index >= 15 is 0 Å². The molecule has 1 saturated carbocycles. The topological polar surface area (TPSA) is 41.9 Å². The van der Waals surface area contributed by atoms with Gasteiger partial charge in [0.25, 0.3) is 0 Å². The Morgan fingerprint density at radius 2 is 1.86 bits per heavy atom. The first-order valence-corrected chi connectivity index (χ1v) is 8.04. The molecule has 0 aliphatic heterocycles. The molecule has 21 heavy (non-hydrogen) atoms.